The van der Waals surface area contributed by atoms with Crippen molar-refractivity contribution in [3.05, 3.63) is 35.9 Å². The number of aliphatic hydroxyl groups is 1. The summed E-state index contributed by atoms with van der Waals surface area (Å²) in [6, 6.07) is 8.81. The van der Waals surface area contributed by atoms with Gasteiger partial charge < -0.3 is 24.8 Å². The van der Waals surface area contributed by atoms with Crippen molar-refractivity contribution in [1.29, 1.82) is 0 Å². The lowest BCUT2D eigenvalue weighted by atomic mass is 10.1. The first-order chi connectivity index (χ1) is 12.3. The molecule has 1 aliphatic rings. The Morgan fingerprint density at radius 2 is 1.96 bits per heavy atom. The summed E-state index contributed by atoms with van der Waals surface area (Å²) in [5.74, 6) is 0. The van der Waals surface area contributed by atoms with Crippen LogP contribution in [0.2, 0.25) is 0 Å². The van der Waals surface area contributed by atoms with Crippen molar-refractivity contribution in [1.82, 2.24) is 10.2 Å². The van der Waals surface area contributed by atoms with Crippen molar-refractivity contribution in [2.45, 2.75) is 57.9 Å². The Morgan fingerprint density at radius 1 is 1.27 bits per heavy atom. The molecule has 1 aromatic rings. The van der Waals surface area contributed by atoms with Crippen LogP contribution in [0.3, 0.4) is 0 Å². The van der Waals surface area contributed by atoms with E-state index in [0.717, 1.165) is 5.56 Å². The maximum atomic E-state index is 12.4. The molecular weight excluding hydrogens is 336 g/mol. The average Bonchev–Trinajstić information content (AvgIpc) is 2.95. The molecule has 26 heavy (non-hydrogen) atoms. The van der Waals surface area contributed by atoms with Crippen LogP contribution in [-0.4, -0.2) is 53.0 Å². The van der Waals surface area contributed by atoms with E-state index in [1.54, 1.807) is 25.7 Å². The van der Waals surface area contributed by atoms with Crippen molar-refractivity contribution >= 4 is 12.2 Å². The van der Waals surface area contributed by atoms with Crippen molar-refractivity contribution in [3.8, 4) is 0 Å². The standard InChI is InChI=1S/C19H28N2O5/c1-19(2,3)26-18(24)21-11-9-15(16(21)10-12-22)20-17(23)25-13-14-7-5-4-6-8-14/h4-8,15-16,22H,9-13H2,1-3H3,(H,20,23)/t15-,16+/m0/s1. The lowest BCUT2D eigenvalue weighted by Crippen LogP contribution is -2.48. The smallest absolute Gasteiger partial charge is 0.410 e. The van der Waals surface area contributed by atoms with Gasteiger partial charge >= 0.3 is 12.2 Å². The van der Waals surface area contributed by atoms with Crippen LogP contribution in [0.1, 0.15) is 39.2 Å². The lowest BCUT2D eigenvalue weighted by molar-refractivity contribution is 0.0194. The van der Waals surface area contributed by atoms with E-state index in [4.69, 9.17) is 9.47 Å². The summed E-state index contributed by atoms with van der Waals surface area (Å²) >= 11 is 0. The van der Waals surface area contributed by atoms with Gasteiger partial charge in [-0.3, -0.25) is 0 Å². The zero-order chi connectivity index (χ0) is 19.2. The number of carbonyl (C=O) groups excluding carboxylic acids is 2. The van der Waals surface area contributed by atoms with Gasteiger partial charge in [0.05, 0.1) is 12.1 Å². The van der Waals surface area contributed by atoms with Crippen LogP contribution in [0.5, 0.6) is 0 Å². The van der Waals surface area contributed by atoms with E-state index in [2.05, 4.69) is 5.32 Å². The molecule has 1 fully saturated rings. The number of rotatable bonds is 5. The largest absolute Gasteiger partial charge is 0.445 e. The maximum absolute atomic E-state index is 12.4. The number of benzene rings is 1. The molecule has 7 nitrogen and oxygen atoms in total. The molecule has 7 heteroatoms. The molecule has 0 aliphatic carbocycles. The number of likely N-dealkylation sites (tertiary alicyclic amines) is 1. The Labute approximate surface area is 154 Å². The zero-order valence-corrected chi connectivity index (χ0v) is 15.6. The maximum Gasteiger partial charge on any atom is 0.410 e. The fourth-order valence-electron chi connectivity index (χ4n) is 2.97. The van der Waals surface area contributed by atoms with E-state index in [0.29, 0.717) is 19.4 Å². The monoisotopic (exact) mass is 364 g/mol. The van der Waals surface area contributed by atoms with E-state index < -0.39 is 17.8 Å². The Balaban J connectivity index is 1.91. The number of hydrogen-bond donors (Lipinski definition) is 2. The Morgan fingerprint density at radius 3 is 2.58 bits per heavy atom. The van der Waals surface area contributed by atoms with Gasteiger partial charge in [-0.05, 0) is 39.2 Å². The Bertz CT molecular complexity index is 600. The summed E-state index contributed by atoms with van der Waals surface area (Å²) in [5, 5.41) is 12.1. The van der Waals surface area contributed by atoms with Gasteiger partial charge in [-0.15, -0.1) is 0 Å². The number of aliphatic hydroxyl groups excluding tert-OH is 1. The van der Waals surface area contributed by atoms with Crippen LogP contribution in [-0.2, 0) is 16.1 Å². The average molecular weight is 364 g/mol. The van der Waals surface area contributed by atoms with Crippen molar-refractivity contribution in [2.75, 3.05) is 13.2 Å². The van der Waals surface area contributed by atoms with Gasteiger partial charge in [-0.2, -0.15) is 0 Å². The zero-order valence-electron chi connectivity index (χ0n) is 15.6. The molecule has 2 N–H and O–H groups in total. The predicted octanol–water partition coefficient (Wildman–Crippen LogP) is 2.67. The first kappa shape index (κ1) is 20.0. The molecule has 0 aromatic heterocycles. The molecule has 1 aliphatic heterocycles. The molecule has 2 amide bonds. The van der Waals surface area contributed by atoms with E-state index in [9.17, 15) is 14.7 Å². The third-order valence-corrected chi connectivity index (χ3v) is 4.11. The summed E-state index contributed by atoms with van der Waals surface area (Å²) < 4.78 is 10.7. The van der Waals surface area contributed by atoms with Crippen LogP contribution in [0.4, 0.5) is 9.59 Å². The first-order valence-electron chi connectivity index (χ1n) is 8.88. The highest BCUT2D eigenvalue weighted by molar-refractivity contribution is 5.71. The highest BCUT2D eigenvalue weighted by Crippen LogP contribution is 2.23. The molecule has 0 saturated carbocycles. The second kappa shape index (κ2) is 8.89. The summed E-state index contributed by atoms with van der Waals surface area (Å²) in [6.45, 7) is 5.97. The van der Waals surface area contributed by atoms with Gasteiger partial charge in [0, 0.05) is 13.2 Å². The topological polar surface area (TPSA) is 88.1 Å². The molecular formula is C19H28N2O5. The Kier molecular flexibility index (Phi) is 6.85. The van der Waals surface area contributed by atoms with Gasteiger partial charge in [0.25, 0.3) is 0 Å². The van der Waals surface area contributed by atoms with Crippen LogP contribution >= 0.6 is 0 Å². The number of nitrogens with zero attached hydrogens (tertiary/aromatic N) is 1. The van der Waals surface area contributed by atoms with Crippen LogP contribution in [0.25, 0.3) is 0 Å². The minimum absolute atomic E-state index is 0.0821. The molecule has 1 saturated heterocycles. The van der Waals surface area contributed by atoms with Gasteiger partial charge in [-0.25, -0.2) is 9.59 Å². The summed E-state index contributed by atoms with van der Waals surface area (Å²) in [6.07, 6.45) is -0.0153. The summed E-state index contributed by atoms with van der Waals surface area (Å²) in [4.78, 5) is 26.0. The number of alkyl carbamates (subject to hydrolysis) is 1. The molecule has 1 aromatic carbocycles. The fourth-order valence-corrected chi connectivity index (χ4v) is 2.97. The Hall–Kier alpha value is -2.28. The number of hydrogen-bond acceptors (Lipinski definition) is 5. The predicted molar refractivity (Wildman–Crippen MR) is 96.6 cm³/mol. The van der Waals surface area contributed by atoms with E-state index >= 15 is 0 Å². The minimum Gasteiger partial charge on any atom is -0.445 e. The van der Waals surface area contributed by atoms with Crippen LogP contribution < -0.4 is 5.32 Å². The second-order valence-electron chi connectivity index (χ2n) is 7.35. The van der Waals surface area contributed by atoms with Gasteiger partial charge in [0.1, 0.15) is 12.2 Å². The lowest BCUT2D eigenvalue weighted by Gasteiger charge is -2.30. The number of ether oxygens (including phenoxy) is 2. The minimum atomic E-state index is -0.596. The molecule has 144 valence electrons. The molecule has 0 unspecified atom stereocenters. The van der Waals surface area contributed by atoms with E-state index in [-0.39, 0.29) is 25.3 Å². The first-order valence-corrected chi connectivity index (χ1v) is 8.88. The van der Waals surface area contributed by atoms with E-state index in [1.165, 1.54) is 0 Å². The normalized spacial score (nSPS) is 19.9. The summed E-state index contributed by atoms with van der Waals surface area (Å²) in [7, 11) is 0. The van der Waals surface area contributed by atoms with Crippen LogP contribution in [0, 0.1) is 0 Å². The van der Waals surface area contributed by atoms with Crippen molar-refractivity contribution in [3.63, 3.8) is 0 Å². The molecule has 2 atom stereocenters. The third-order valence-electron chi connectivity index (χ3n) is 4.11. The second-order valence-corrected chi connectivity index (χ2v) is 7.35. The number of nitrogens with one attached hydrogen (secondary N) is 1. The van der Waals surface area contributed by atoms with Crippen LogP contribution in [0.15, 0.2) is 30.3 Å². The molecule has 0 radical (unpaired) electrons. The quantitative estimate of drug-likeness (QED) is 0.839. The molecule has 1 heterocycles. The number of carbonyl (C=O) groups is 2. The van der Waals surface area contributed by atoms with Crippen molar-refractivity contribution < 1.29 is 24.2 Å². The molecule has 0 bridgehead atoms. The molecule has 2 rings (SSSR count). The number of amides is 2. The van der Waals surface area contributed by atoms with Crippen molar-refractivity contribution in [2.24, 2.45) is 0 Å². The summed E-state index contributed by atoms with van der Waals surface area (Å²) in [5.41, 5.74) is 0.303. The third kappa shape index (κ3) is 5.91. The van der Waals surface area contributed by atoms with E-state index in [1.807, 2.05) is 30.3 Å². The van der Waals surface area contributed by atoms with Gasteiger partial charge in [0.2, 0.25) is 0 Å². The van der Waals surface area contributed by atoms with Gasteiger partial charge in [0.15, 0.2) is 0 Å². The highest BCUT2D eigenvalue weighted by Gasteiger charge is 2.39. The molecule has 0 spiro atoms. The van der Waals surface area contributed by atoms with Gasteiger partial charge in [-0.1, -0.05) is 30.3 Å². The SMILES string of the molecule is CC(C)(C)OC(=O)N1CC[C@H](NC(=O)OCc2ccccc2)[C@H]1CCO. The fraction of sp³-hybridized carbons (Fsp3) is 0.579. The highest BCUT2D eigenvalue weighted by atomic mass is 16.6.